The highest BCUT2D eigenvalue weighted by molar-refractivity contribution is 5.84. The summed E-state index contributed by atoms with van der Waals surface area (Å²) in [5, 5.41) is 9.43. The summed E-state index contributed by atoms with van der Waals surface area (Å²) in [5.41, 5.74) is 4.44. The van der Waals surface area contributed by atoms with Crippen LogP contribution < -0.4 is 0 Å². The fourth-order valence-electron chi connectivity index (χ4n) is 2.82. The van der Waals surface area contributed by atoms with E-state index in [1.165, 1.54) is 0 Å². The minimum Gasteiger partial charge on any atom is -0.292 e. The Hall–Kier alpha value is -3.38. The second kappa shape index (κ2) is 5.43. The molecule has 0 aliphatic rings. The Balaban J connectivity index is 2.10. The maximum Gasteiger partial charge on any atom is 0.147 e. The van der Waals surface area contributed by atoms with Gasteiger partial charge in [-0.05, 0) is 36.4 Å². The summed E-state index contributed by atoms with van der Waals surface area (Å²) in [7, 11) is 0. The Bertz CT molecular complexity index is 1020. The number of hydrogen-bond acceptors (Lipinski definition) is 2. The van der Waals surface area contributed by atoms with E-state index in [4.69, 9.17) is 4.98 Å². The van der Waals surface area contributed by atoms with Crippen molar-refractivity contribution in [2.45, 2.75) is 0 Å². The van der Waals surface area contributed by atoms with Gasteiger partial charge in [0, 0.05) is 11.3 Å². The third-order valence-corrected chi connectivity index (χ3v) is 3.86. The first-order chi connectivity index (χ1) is 11.4. The predicted octanol–water partition coefficient (Wildman–Crippen LogP) is 4.56. The normalized spacial score (nSPS) is 10.6. The molecule has 3 heteroatoms. The molecule has 3 nitrogen and oxygen atoms in total. The Morgan fingerprint density at radius 3 is 2.30 bits per heavy atom. The molecule has 0 unspecified atom stereocenters. The van der Waals surface area contributed by atoms with Crippen LogP contribution in [0, 0.1) is 11.3 Å². The quantitative estimate of drug-likeness (QED) is 0.544. The van der Waals surface area contributed by atoms with Gasteiger partial charge < -0.3 is 0 Å². The fourth-order valence-corrected chi connectivity index (χ4v) is 2.82. The molecule has 0 aliphatic carbocycles. The lowest BCUT2D eigenvalue weighted by Crippen LogP contribution is -1.98. The lowest BCUT2D eigenvalue weighted by molar-refractivity contribution is 1.10. The van der Waals surface area contributed by atoms with Crippen molar-refractivity contribution in [1.82, 2.24) is 9.55 Å². The summed E-state index contributed by atoms with van der Waals surface area (Å²) in [6, 6.07) is 28.0. The molecule has 0 N–H and O–H groups in total. The number of para-hydroxylation sites is 3. The molecule has 108 valence electrons. The molecule has 0 saturated carbocycles. The summed E-state index contributed by atoms with van der Waals surface area (Å²) in [5.74, 6) is 0.787. The Morgan fingerprint density at radius 2 is 1.48 bits per heavy atom. The summed E-state index contributed by atoms with van der Waals surface area (Å²) in [4.78, 5) is 4.78. The van der Waals surface area contributed by atoms with Crippen LogP contribution in [-0.2, 0) is 0 Å². The average molecular weight is 295 g/mol. The van der Waals surface area contributed by atoms with Crippen molar-refractivity contribution in [2.24, 2.45) is 0 Å². The van der Waals surface area contributed by atoms with Crippen LogP contribution in [0.3, 0.4) is 0 Å². The molecule has 1 aromatic heterocycles. The number of nitrogens with zero attached hydrogens (tertiary/aromatic N) is 3. The minimum atomic E-state index is 0.625. The van der Waals surface area contributed by atoms with Crippen LogP contribution in [0.25, 0.3) is 28.1 Å². The van der Waals surface area contributed by atoms with Gasteiger partial charge in [-0.1, -0.05) is 42.5 Å². The number of nitriles is 1. The zero-order chi connectivity index (χ0) is 15.6. The Labute approximate surface area is 134 Å². The largest absolute Gasteiger partial charge is 0.292 e. The molecule has 0 spiro atoms. The van der Waals surface area contributed by atoms with Crippen LogP contribution in [-0.4, -0.2) is 9.55 Å². The molecule has 4 rings (SSSR count). The lowest BCUT2D eigenvalue weighted by Gasteiger charge is -2.10. The summed E-state index contributed by atoms with van der Waals surface area (Å²) < 4.78 is 2.10. The lowest BCUT2D eigenvalue weighted by atomic mass is 10.1. The maximum absolute atomic E-state index is 9.43. The van der Waals surface area contributed by atoms with Gasteiger partial charge in [0.2, 0.25) is 0 Å². The van der Waals surface area contributed by atoms with E-state index in [-0.39, 0.29) is 0 Å². The van der Waals surface area contributed by atoms with Crippen molar-refractivity contribution >= 4 is 11.0 Å². The molecule has 1 heterocycles. The third kappa shape index (κ3) is 2.18. The van der Waals surface area contributed by atoms with Crippen LogP contribution >= 0.6 is 0 Å². The smallest absolute Gasteiger partial charge is 0.147 e. The van der Waals surface area contributed by atoms with E-state index < -0.39 is 0 Å². The molecule has 0 bridgehead atoms. The van der Waals surface area contributed by atoms with Gasteiger partial charge in [0.25, 0.3) is 0 Å². The number of imidazole rings is 1. The Morgan fingerprint density at radius 1 is 0.783 bits per heavy atom. The SMILES string of the molecule is N#Cc1ccccc1-c1nc2ccccc2n1-c1ccccc1. The van der Waals surface area contributed by atoms with E-state index in [9.17, 15) is 5.26 Å². The van der Waals surface area contributed by atoms with Crippen LogP contribution in [0.4, 0.5) is 0 Å². The first-order valence-corrected chi connectivity index (χ1v) is 7.41. The molecule has 0 radical (unpaired) electrons. The van der Waals surface area contributed by atoms with Gasteiger partial charge in [-0.3, -0.25) is 4.57 Å². The van der Waals surface area contributed by atoms with Gasteiger partial charge in [0.1, 0.15) is 5.82 Å². The van der Waals surface area contributed by atoms with Gasteiger partial charge in [0.15, 0.2) is 0 Å². The average Bonchev–Trinajstić information content (AvgIpc) is 3.01. The van der Waals surface area contributed by atoms with Gasteiger partial charge in [0.05, 0.1) is 22.7 Å². The van der Waals surface area contributed by atoms with Crippen LogP contribution in [0.1, 0.15) is 5.56 Å². The van der Waals surface area contributed by atoms with E-state index in [1.807, 2.05) is 78.9 Å². The van der Waals surface area contributed by atoms with Crippen LogP contribution in [0.2, 0.25) is 0 Å². The second-order valence-corrected chi connectivity index (χ2v) is 5.25. The molecule has 23 heavy (non-hydrogen) atoms. The molecule has 0 fully saturated rings. The number of benzene rings is 3. The zero-order valence-corrected chi connectivity index (χ0v) is 12.3. The predicted molar refractivity (Wildman–Crippen MR) is 91.2 cm³/mol. The van der Waals surface area contributed by atoms with Crippen molar-refractivity contribution in [1.29, 1.82) is 5.26 Å². The highest BCUT2D eigenvalue weighted by Crippen LogP contribution is 2.30. The summed E-state index contributed by atoms with van der Waals surface area (Å²) >= 11 is 0. The highest BCUT2D eigenvalue weighted by atomic mass is 15.1. The highest BCUT2D eigenvalue weighted by Gasteiger charge is 2.16. The first-order valence-electron chi connectivity index (χ1n) is 7.41. The first kappa shape index (κ1) is 13.3. The summed E-state index contributed by atoms with van der Waals surface area (Å²) in [6.45, 7) is 0. The second-order valence-electron chi connectivity index (χ2n) is 5.25. The molecule has 3 aromatic carbocycles. The molecule has 0 atom stereocenters. The van der Waals surface area contributed by atoms with Crippen molar-refractivity contribution in [3.63, 3.8) is 0 Å². The third-order valence-electron chi connectivity index (χ3n) is 3.86. The fraction of sp³-hybridized carbons (Fsp3) is 0. The number of hydrogen-bond donors (Lipinski definition) is 0. The van der Waals surface area contributed by atoms with E-state index in [0.717, 1.165) is 28.1 Å². The van der Waals surface area contributed by atoms with Crippen LogP contribution in [0.5, 0.6) is 0 Å². The van der Waals surface area contributed by atoms with Gasteiger partial charge >= 0.3 is 0 Å². The standard InChI is InChI=1S/C20H13N3/c21-14-15-8-4-5-11-17(15)20-22-18-12-6-7-13-19(18)23(20)16-9-2-1-3-10-16/h1-13H. The van der Waals surface area contributed by atoms with E-state index >= 15 is 0 Å². The molecule has 0 saturated heterocycles. The van der Waals surface area contributed by atoms with E-state index in [2.05, 4.69) is 10.6 Å². The topological polar surface area (TPSA) is 41.6 Å². The maximum atomic E-state index is 9.43. The van der Waals surface area contributed by atoms with Crippen molar-refractivity contribution in [2.75, 3.05) is 0 Å². The van der Waals surface area contributed by atoms with E-state index in [1.54, 1.807) is 0 Å². The molecular weight excluding hydrogens is 282 g/mol. The van der Waals surface area contributed by atoms with Gasteiger partial charge in [-0.25, -0.2) is 4.98 Å². The Kier molecular flexibility index (Phi) is 3.14. The molecule has 4 aromatic rings. The number of aromatic nitrogens is 2. The van der Waals surface area contributed by atoms with E-state index in [0.29, 0.717) is 5.56 Å². The van der Waals surface area contributed by atoms with Crippen molar-refractivity contribution < 1.29 is 0 Å². The number of fused-ring (bicyclic) bond motifs is 1. The molecular formula is C20H13N3. The molecule has 0 amide bonds. The minimum absolute atomic E-state index is 0.625. The number of rotatable bonds is 2. The zero-order valence-electron chi connectivity index (χ0n) is 12.3. The van der Waals surface area contributed by atoms with Gasteiger partial charge in [-0.2, -0.15) is 5.26 Å². The van der Waals surface area contributed by atoms with Gasteiger partial charge in [-0.15, -0.1) is 0 Å². The van der Waals surface area contributed by atoms with Crippen LogP contribution in [0.15, 0.2) is 78.9 Å². The van der Waals surface area contributed by atoms with Crippen molar-refractivity contribution in [3.8, 4) is 23.1 Å². The monoisotopic (exact) mass is 295 g/mol. The molecule has 0 aliphatic heterocycles. The summed E-state index contributed by atoms with van der Waals surface area (Å²) in [6.07, 6.45) is 0. The van der Waals surface area contributed by atoms with Crippen molar-refractivity contribution in [3.05, 3.63) is 84.4 Å².